The number of unbranched alkanes of at least 4 members (excludes halogenated alkanes) is 1. The minimum Gasteiger partial charge on any atom is -0.267 e. The molecule has 0 atom stereocenters. The van der Waals surface area contributed by atoms with Gasteiger partial charge in [0.15, 0.2) is 5.69 Å². The molecule has 0 unspecified atom stereocenters. The zero-order chi connectivity index (χ0) is 20.1. The van der Waals surface area contributed by atoms with Crippen molar-refractivity contribution in [3.8, 4) is 0 Å². The molecule has 0 saturated carbocycles. The zero-order valence-corrected chi connectivity index (χ0v) is 16.7. The molecule has 0 fully saturated rings. The van der Waals surface area contributed by atoms with E-state index in [1.807, 2.05) is 6.92 Å². The van der Waals surface area contributed by atoms with Crippen LogP contribution in [-0.2, 0) is 6.54 Å². The van der Waals surface area contributed by atoms with Crippen LogP contribution < -0.4 is 11.0 Å². The Morgan fingerprint density at radius 1 is 1.18 bits per heavy atom. The largest absolute Gasteiger partial charge is 0.292 e. The lowest BCUT2D eigenvalue weighted by atomic mass is 10.1. The number of halogens is 2. The quantitative estimate of drug-likeness (QED) is 0.481. The van der Waals surface area contributed by atoms with Crippen LogP contribution in [0.3, 0.4) is 0 Å². The smallest absolute Gasteiger partial charge is 0.267 e. The van der Waals surface area contributed by atoms with Crippen molar-refractivity contribution >= 4 is 46.1 Å². The average Bonchev–Trinajstić information content (AvgIpc) is 2.70. The summed E-state index contributed by atoms with van der Waals surface area (Å²) in [6.45, 7) is 2.48. The Morgan fingerprint density at radius 2 is 1.93 bits per heavy atom. The van der Waals surface area contributed by atoms with Crippen LogP contribution in [0.4, 0.5) is 0 Å². The average molecular weight is 417 g/mol. The Hall–Kier alpha value is -2.70. The van der Waals surface area contributed by atoms with Gasteiger partial charge in [-0.3, -0.25) is 9.59 Å². The Morgan fingerprint density at radius 3 is 2.64 bits per heavy atom. The van der Waals surface area contributed by atoms with Crippen LogP contribution >= 0.6 is 23.2 Å². The minimum absolute atomic E-state index is 0.151. The minimum atomic E-state index is -0.502. The first-order chi connectivity index (χ1) is 13.5. The summed E-state index contributed by atoms with van der Waals surface area (Å²) in [5.41, 5.74) is 3.08. The molecule has 0 spiro atoms. The molecule has 0 radical (unpaired) electrons. The van der Waals surface area contributed by atoms with Crippen molar-refractivity contribution < 1.29 is 4.79 Å². The van der Waals surface area contributed by atoms with Gasteiger partial charge < -0.3 is 0 Å². The highest BCUT2D eigenvalue weighted by molar-refractivity contribution is 6.42. The third kappa shape index (κ3) is 4.40. The van der Waals surface area contributed by atoms with Gasteiger partial charge in [0, 0.05) is 11.9 Å². The van der Waals surface area contributed by atoms with Crippen LogP contribution in [-0.4, -0.2) is 21.9 Å². The second-order valence-corrected chi connectivity index (χ2v) is 6.96. The van der Waals surface area contributed by atoms with Gasteiger partial charge in [0.25, 0.3) is 11.5 Å². The van der Waals surface area contributed by atoms with Gasteiger partial charge in [0.2, 0.25) is 0 Å². The zero-order valence-electron chi connectivity index (χ0n) is 15.2. The number of rotatable bonds is 6. The number of hydrogen-bond donors (Lipinski definition) is 1. The van der Waals surface area contributed by atoms with E-state index in [9.17, 15) is 9.59 Å². The Balaban J connectivity index is 1.90. The summed E-state index contributed by atoms with van der Waals surface area (Å²) in [4.78, 5) is 25.2. The number of nitrogens with zero attached hydrogens (tertiary/aromatic N) is 3. The van der Waals surface area contributed by atoms with Crippen LogP contribution in [0.25, 0.3) is 10.8 Å². The first-order valence-electron chi connectivity index (χ1n) is 8.79. The Bertz CT molecular complexity index is 1110. The van der Waals surface area contributed by atoms with Gasteiger partial charge in [-0.15, -0.1) is 0 Å². The van der Waals surface area contributed by atoms with E-state index in [-0.39, 0.29) is 11.3 Å². The highest BCUT2D eigenvalue weighted by Gasteiger charge is 2.16. The van der Waals surface area contributed by atoms with Crippen molar-refractivity contribution in [1.82, 2.24) is 15.2 Å². The van der Waals surface area contributed by atoms with Crippen molar-refractivity contribution in [2.24, 2.45) is 5.10 Å². The monoisotopic (exact) mass is 416 g/mol. The summed E-state index contributed by atoms with van der Waals surface area (Å²) >= 11 is 11.8. The van der Waals surface area contributed by atoms with Gasteiger partial charge in [-0.1, -0.05) is 60.8 Å². The molecule has 1 N–H and O–H groups in total. The lowest BCUT2D eigenvalue weighted by Crippen LogP contribution is -2.29. The fourth-order valence-corrected chi connectivity index (χ4v) is 2.98. The van der Waals surface area contributed by atoms with E-state index in [0.29, 0.717) is 32.9 Å². The number of amides is 1. The molecule has 0 aliphatic heterocycles. The van der Waals surface area contributed by atoms with Crippen LogP contribution in [0.2, 0.25) is 10.0 Å². The molecule has 1 amide bonds. The van der Waals surface area contributed by atoms with E-state index in [2.05, 4.69) is 15.6 Å². The molecule has 144 valence electrons. The molecule has 3 aromatic rings. The van der Waals surface area contributed by atoms with Crippen LogP contribution in [0, 0.1) is 0 Å². The second kappa shape index (κ2) is 8.99. The fraction of sp³-hybridized carbons (Fsp3) is 0.200. The van der Waals surface area contributed by atoms with Crippen molar-refractivity contribution in [1.29, 1.82) is 0 Å². The van der Waals surface area contributed by atoms with Gasteiger partial charge in [0.05, 0.1) is 21.6 Å². The molecule has 2 aromatic carbocycles. The number of fused-ring (bicyclic) bond motifs is 1. The summed E-state index contributed by atoms with van der Waals surface area (Å²) in [5, 5.41) is 10.00. The number of benzene rings is 2. The third-order valence-electron chi connectivity index (χ3n) is 4.13. The number of carbonyl (C=O) groups excluding carboxylic acids is 1. The standard InChI is InChI=1S/C20H18Cl2N4O2/c1-2-3-10-26-20(28)15-7-5-4-6-14(15)18(25-26)19(27)24-23-12-13-8-9-16(21)17(22)11-13/h4-9,11-12H,2-3,10H2,1H3,(H,24,27)/b23-12+. The molecule has 0 bridgehead atoms. The summed E-state index contributed by atoms with van der Waals surface area (Å²) in [5.74, 6) is -0.502. The number of aryl methyl sites for hydroxylation is 1. The van der Waals surface area contributed by atoms with Gasteiger partial charge in [-0.25, -0.2) is 10.1 Å². The summed E-state index contributed by atoms with van der Waals surface area (Å²) in [6.07, 6.45) is 3.16. The van der Waals surface area contributed by atoms with Gasteiger partial charge in [-0.2, -0.15) is 10.2 Å². The molecule has 1 heterocycles. The van der Waals surface area contributed by atoms with E-state index in [1.165, 1.54) is 10.9 Å². The van der Waals surface area contributed by atoms with E-state index in [4.69, 9.17) is 23.2 Å². The molecule has 8 heteroatoms. The lowest BCUT2D eigenvalue weighted by molar-refractivity contribution is 0.0949. The van der Waals surface area contributed by atoms with Crippen LogP contribution in [0.1, 0.15) is 35.8 Å². The maximum Gasteiger partial charge on any atom is 0.292 e. The van der Waals surface area contributed by atoms with E-state index in [1.54, 1.807) is 42.5 Å². The van der Waals surface area contributed by atoms with Crippen LogP contribution in [0.5, 0.6) is 0 Å². The van der Waals surface area contributed by atoms with Gasteiger partial charge in [-0.05, 0) is 30.2 Å². The maximum atomic E-state index is 12.7. The molecule has 28 heavy (non-hydrogen) atoms. The number of aromatic nitrogens is 2. The number of hydrazone groups is 1. The predicted molar refractivity (Wildman–Crippen MR) is 112 cm³/mol. The number of hydrogen-bond acceptors (Lipinski definition) is 4. The highest BCUT2D eigenvalue weighted by Crippen LogP contribution is 2.21. The Kier molecular flexibility index (Phi) is 6.44. The fourth-order valence-electron chi connectivity index (χ4n) is 2.67. The first kappa shape index (κ1) is 20.0. The Labute approximate surface area is 171 Å². The lowest BCUT2D eigenvalue weighted by Gasteiger charge is -2.09. The van der Waals surface area contributed by atoms with Gasteiger partial charge in [0.1, 0.15) is 0 Å². The normalized spacial score (nSPS) is 11.2. The van der Waals surface area contributed by atoms with E-state index in [0.717, 1.165) is 12.8 Å². The SMILES string of the molecule is CCCCn1nc(C(=O)N/N=C/c2ccc(Cl)c(Cl)c2)c2ccccc2c1=O. The first-order valence-corrected chi connectivity index (χ1v) is 9.55. The summed E-state index contributed by atoms with van der Waals surface area (Å²) in [7, 11) is 0. The van der Waals surface area contributed by atoms with Crippen molar-refractivity contribution in [2.75, 3.05) is 0 Å². The molecular formula is C20H18Cl2N4O2. The number of nitrogens with one attached hydrogen (secondary N) is 1. The predicted octanol–water partition coefficient (Wildman–Crippen LogP) is 4.27. The van der Waals surface area contributed by atoms with Crippen LogP contribution in [0.15, 0.2) is 52.4 Å². The second-order valence-electron chi connectivity index (χ2n) is 6.15. The molecule has 3 rings (SSSR count). The van der Waals surface area contributed by atoms with Crippen molar-refractivity contribution in [2.45, 2.75) is 26.3 Å². The van der Waals surface area contributed by atoms with E-state index >= 15 is 0 Å². The molecule has 0 saturated heterocycles. The molecule has 0 aliphatic carbocycles. The molecule has 6 nitrogen and oxygen atoms in total. The molecular weight excluding hydrogens is 399 g/mol. The van der Waals surface area contributed by atoms with Crippen molar-refractivity contribution in [3.05, 3.63) is 74.1 Å². The molecule has 0 aliphatic rings. The maximum absolute atomic E-state index is 12.7. The van der Waals surface area contributed by atoms with Crippen molar-refractivity contribution in [3.63, 3.8) is 0 Å². The third-order valence-corrected chi connectivity index (χ3v) is 4.87. The summed E-state index contributed by atoms with van der Waals surface area (Å²) < 4.78 is 1.34. The summed E-state index contributed by atoms with van der Waals surface area (Å²) in [6, 6.07) is 11.9. The number of carbonyl (C=O) groups is 1. The van der Waals surface area contributed by atoms with Gasteiger partial charge >= 0.3 is 0 Å². The highest BCUT2D eigenvalue weighted by atomic mass is 35.5. The molecule has 1 aromatic heterocycles. The van der Waals surface area contributed by atoms with E-state index < -0.39 is 5.91 Å². The topological polar surface area (TPSA) is 76.3 Å².